The van der Waals surface area contributed by atoms with Crippen LogP contribution in [0.5, 0.6) is 0 Å². The molecule has 3 nitrogen and oxygen atoms in total. The first-order valence-electron chi connectivity index (χ1n) is 4.22. The number of nitrogens with zero attached hydrogens (tertiary/aromatic N) is 1. The van der Waals surface area contributed by atoms with Gasteiger partial charge in [-0.1, -0.05) is 11.6 Å². The second-order valence-corrected chi connectivity index (χ2v) is 6.55. The summed E-state index contributed by atoms with van der Waals surface area (Å²) in [6, 6.07) is 0. The van der Waals surface area contributed by atoms with Gasteiger partial charge < -0.3 is 5.32 Å². The van der Waals surface area contributed by atoms with Gasteiger partial charge in [0.15, 0.2) is 0 Å². The molecule has 2 unspecified atom stereocenters. The van der Waals surface area contributed by atoms with Gasteiger partial charge in [0, 0.05) is 35.4 Å². The van der Waals surface area contributed by atoms with Gasteiger partial charge in [0.25, 0.3) is 0 Å². The predicted molar refractivity (Wildman–Crippen MR) is 62.4 cm³/mol. The van der Waals surface area contributed by atoms with Crippen molar-refractivity contribution >= 4 is 33.7 Å². The topological polar surface area (TPSA) is 42.0 Å². The van der Waals surface area contributed by atoms with E-state index in [0.29, 0.717) is 10.9 Å². The van der Waals surface area contributed by atoms with Crippen LogP contribution in [0.3, 0.4) is 0 Å². The van der Waals surface area contributed by atoms with Gasteiger partial charge in [-0.2, -0.15) is 0 Å². The van der Waals surface area contributed by atoms with Crippen molar-refractivity contribution in [2.45, 2.75) is 18.7 Å². The van der Waals surface area contributed by atoms with Gasteiger partial charge in [0.1, 0.15) is 9.34 Å². The van der Waals surface area contributed by atoms with Crippen LogP contribution in [0, 0.1) is 0 Å². The summed E-state index contributed by atoms with van der Waals surface area (Å²) < 4.78 is 11.7. The summed E-state index contributed by atoms with van der Waals surface area (Å²) in [6.07, 6.45) is 3.36. The van der Waals surface area contributed by atoms with Crippen molar-refractivity contribution in [1.29, 1.82) is 0 Å². The number of hydrogen-bond donors (Lipinski definition) is 1. The van der Waals surface area contributed by atoms with E-state index in [1.807, 2.05) is 6.92 Å². The molecule has 80 valence electrons. The maximum atomic E-state index is 11.0. The van der Waals surface area contributed by atoms with E-state index >= 15 is 0 Å². The quantitative estimate of drug-likeness (QED) is 0.867. The Morgan fingerprint density at radius 2 is 2.50 bits per heavy atom. The van der Waals surface area contributed by atoms with E-state index in [2.05, 4.69) is 10.3 Å². The zero-order valence-corrected chi connectivity index (χ0v) is 10.5. The second kappa shape index (κ2) is 5.80. The smallest absolute Gasteiger partial charge is 0.113 e. The molecule has 0 bridgehead atoms. The Balaban J connectivity index is 2.25. The Morgan fingerprint density at radius 3 is 3.00 bits per heavy atom. The Morgan fingerprint density at radius 1 is 1.79 bits per heavy atom. The standard InChI is InChI=1S/C8H13ClN2OS2/c1-6(14(2)12)3-10-5-8-11-4-7(9)13-8/h4,6,10H,3,5H2,1-2H3. The molecule has 1 N–H and O–H groups in total. The maximum Gasteiger partial charge on any atom is 0.113 e. The molecule has 0 aliphatic carbocycles. The SMILES string of the molecule is CC(CNCc1ncc(Cl)s1)S(C)=O. The monoisotopic (exact) mass is 252 g/mol. The van der Waals surface area contributed by atoms with Crippen LogP contribution >= 0.6 is 22.9 Å². The van der Waals surface area contributed by atoms with Gasteiger partial charge in [-0.15, -0.1) is 11.3 Å². The lowest BCUT2D eigenvalue weighted by Crippen LogP contribution is -2.27. The Kier molecular flexibility index (Phi) is 5.01. The molecular weight excluding hydrogens is 240 g/mol. The molecule has 0 amide bonds. The van der Waals surface area contributed by atoms with E-state index in [-0.39, 0.29) is 5.25 Å². The third-order valence-corrected chi connectivity index (χ3v) is 4.21. The minimum absolute atomic E-state index is 0.172. The van der Waals surface area contributed by atoms with Crippen LogP contribution in [-0.2, 0) is 17.3 Å². The predicted octanol–water partition coefficient (Wildman–Crippen LogP) is 1.65. The largest absolute Gasteiger partial charge is 0.309 e. The highest BCUT2D eigenvalue weighted by molar-refractivity contribution is 7.84. The van der Waals surface area contributed by atoms with Crippen molar-refractivity contribution in [3.63, 3.8) is 0 Å². The molecular formula is C8H13ClN2OS2. The fourth-order valence-electron chi connectivity index (χ4n) is 0.869. The molecule has 2 atom stereocenters. The molecule has 0 saturated heterocycles. The first-order valence-corrected chi connectivity index (χ1v) is 7.04. The van der Waals surface area contributed by atoms with Crippen molar-refractivity contribution in [2.24, 2.45) is 0 Å². The Labute approximate surface area is 95.3 Å². The van der Waals surface area contributed by atoms with Gasteiger partial charge >= 0.3 is 0 Å². The van der Waals surface area contributed by atoms with E-state index in [4.69, 9.17) is 11.6 Å². The number of rotatable bonds is 5. The lowest BCUT2D eigenvalue weighted by molar-refractivity contribution is 0.646. The molecule has 0 aliphatic heterocycles. The van der Waals surface area contributed by atoms with Crippen molar-refractivity contribution in [3.05, 3.63) is 15.5 Å². The zero-order valence-electron chi connectivity index (χ0n) is 8.12. The normalized spacial score (nSPS) is 15.4. The maximum absolute atomic E-state index is 11.0. The third-order valence-electron chi connectivity index (χ3n) is 1.80. The summed E-state index contributed by atoms with van der Waals surface area (Å²) in [5.74, 6) is 0. The number of nitrogens with one attached hydrogen (secondary N) is 1. The fourth-order valence-corrected chi connectivity index (χ4v) is 2.15. The molecule has 0 radical (unpaired) electrons. The van der Waals surface area contributed by atoms with Crippen molar-refractivity contribution in [3.8, 4) is 0 Å². The number of hydrogen-bond acceptors (Lipinski definition) is 4. The van der Waals surface area contributed by atoms with Crippen LogP contribution in [0.4, 0.5) is 0 Å². The van der Waals surface area contributed by atoms with E-state index < -0.39 is 10.8 Å². The molecule has 0 spiro atoms. The molecule has 6 heteroatoms. The Bertz CT molecular complexity index is 316. The van der Waals surface area contributed by atoms with Crippen LogP contribution < -0.4 is 5.32 Å². The number of thiazole rings is 1. The highest BCUT2D eigenvalue weighted by Gasteiger charge is 2.05. The van der Waals surface area contributed by atoms with Crippen LogP contribution in [0.2, 0.25) is 4.34 Å². The van der Waals surface area contributed by atoms with Gasteiger partial charge in [0.2, 0.25) is 0 Å². The summed E-state index contributed by atoms with van der Waals surface area (Å²) in [4.78, 5) is 4.11. The average molecular weight is 253 g/mol. The first-order chi connectivity index (χ1) is 6.59. The molecule has 0 aliphatic rings. The molecule has 1 heterocycles. The third kappa shape index (κ3) is 4.04. The molecule has 0 aromatic carbocycles. The average Bonchev–Trinajstić information content (AvgIpc) is 2.51. The zero-order chi connectivity index (χ0) is 10.6. The molecule has 1 aromatic heterocycles. The molecule has 14 heavy (non-hydrogen) atoms. The summed E-state index contributed by atoms with van der Waals surface area (Å²) >= 11 is 7.20. The minimum atomic E-state index is -0.769. The van der Waals surface area contributed by atoms with Crippen molar-refractivity contribution < 1.29 is 4.21 Å². The van der Waals surface area contributed by atoms with E-state index in [9.17, 15) is 4.21 Å². The van der Waals surface area contributed by atoms with Gasteiger partial charge in [-0.05, 0) is 6.92 Å². The highest BCUT2D eigenvalue weighted by Crippen LogP contribution is 2.17. The second-order valence-electron chi connectivity index (χ2n) is 3.00. The molecule has 1 aromatic rings. The van der Waals surface area contributed by atoms with Crippen LogP contribution in [0.15, 0.2) is 6.20 Å². The first kappa shape index (κ1) is 12.1. The lowest BCUT2D eigenvalue weighted by atomic mass is 10.4. The van der Waals surface area contributed by atoms with Crippen molar-refractivity contribution in [1.82, 2.24) is 10.3 Å². The summed E-state index contributed by atoms with van der Waals surface area (Å²) in [5.41, 5.74) is 0. The Hall–Kier alpha value is 0.0300. The molecule has 0 saturated carbocycles. The van der Waals surface area contributed by atoms with Crippen LogP contribution in [-0.4, -0.2) is 27.2 Å². The van der Waals surface area contributed by atoms with Crippen LogP contribution in [0.25, 0.3) is 0 Å². The molecule has 1 rings (SSSR count). The van der Waals surface area contributed by atoms with Crippen LogP contribution in [0.1, 0.15) is 11.9 Å². The van der Waals surface area contributed by atoms with E-state index in [1.54, 1.807) is 12.5 Å². The highest BCUT2D eigenvalue weighted by atomic mass is 35.5. The summed E-state index contributed by atoms with van der Waals surface area (Å²) in [5, 5.41) is 4.33. The summed E-state index contributed by atoms with van der Waals surface area (Å²) in [7, 11) is -0.769. The van der Waals surface area contributed by atoms with Gasteiger partial charge in [-0.25, -0.2) is 4.98 Å². The number of halogens is 1. The van der Waals surface area contributed by atoms with Gasteiger partial charge in [-0.3, -0.25) is 4.21 Å². The fraction of sp³-hybridized carbons (Fsp3) is 0.625. The van der Waals surface area contributed by atoms with Crippen molar-refractivity contribution in [2.75, 3.05) is 12.8 Å². The van der Waals surface area contributed by atoms with E-state index in [1.165, 1.54) is 11.3 Å². The van der Waals surface area contributed by atoms with E-state index in [0.717, 1.165) is 11.6 Å². The van der Waals surface area contributed by atoms with Gasteiger partial charge in [0.05, 0.1) is 6.20 Å². The lowest BCUT2D eigenvalue weighted by Gasteiger charge is -2.07. The molecule has 0 fully saturated rings. The minimum Gasteiger partial charge on any atom is -0.309 e. The number of aromatic nitrogens is 1. The summed E-state index contributed by atoms with van der Waals surface area (Å²) in [6.45, 7) is 3.39.